The predicted octanol–water partition coefficient (Wildman–Crippen LogP) is 4.50. The zero-order valence-corrected chi connectivity index (χ0v) is 12.7. The molecule has 1 aliphatic rings. The van der Waals surface area contributed by atoms with Crippen molar-refractivity contribution in [1.82, 2.24) is 0 Å². The van der Waals surface area contributed by atoms with Gasteiger partial charge in [-0.3, -0.25) is 0 Å². The molecule has 2 nitrogen and oxygen atoms in total. The van der Waals surface area contributed by atoms with Crippen LogP contribution >= 0.6 is 0 Å². The van der Waals surface area contributed by atoms with Gasteiger partial charge in [-0.05, 0) is 48.6 Å². The summed E-state index contributed by atoms with van der Waals surface area (Å²) in [6.07, 6.45) is 2.65. The maximum absolute atomic E-state index is 5.84. The summed E-state index contributed by atoms with van der Waals surface area (Å²) in [4.78, 5) is 2.48. The zero-order chi connectivity index (χ0) is 14.5. The third-order valence-corrected chi connectivity index (χ3v) is 4.11. The maximum atomic E-state index is 5.84. The van der Waals surface area contributed by atoms with Crippen LogP contribution < -0.4 is 9.64 Å². The highest BCUT2D eigenvalue weighted by Crippen LogP contribution is 2.25. The molecule has 1 atom stereocenters. The quantitative estimate of drug-likeness (QED) is 0.818. The minimum absolute atomic E-state index is 0.626. The largest absolute Gasteiger partial charge is 0.489 e. The van der Waals surface area contributed by atoms with E-state index in [-0.39, 0.29) is 0 Å². The Bertz CT molecular complexity index is 550. The highest BCUT2D eigenvalue weighted by Gasteiger charge is 2.16. The summed E-state index contributed by atoms with van der Waals surface area (Å²) in [6.45, 7) is 5.31. The molecule has 0 bridgehead atoms. The molecule has 1 heterocycles. The molecule has 110 valence electrons. The topological polar surface area (TPSA) is 12.5 Å². The monoisotopic (exact) mass is 281 g/mol. The first kappa shape index (κ1) is 14.0. The van der Waals surface area contributed by atoms with E-state index in [0.717, 1.165) is 11.7 Å². The second-order valence-electron chi connectivity index (χ2n) is 5.96. The Kier molecular flexibility index (Phi) is 4.44. The summed E-state index contributed by atoms with van der Waals surface area (Å²) >= 11 is 0. The first-order valence-corrected chi connectivity index (χ1v) is 7.83. The van der Waals surface area contributed by atoms with E-state index < -0.39 is 0 Å². The van der Waals surface area contributed by atoms with Crippen molar-refractivity contribution in [1.29, 1.82) is 0 Å². The van der Waals surface area contributed by atoms with Crippen LogP contribution in [0.3, 0.4) is 0 Å². The number of benzene rings is 2. The highest BCUT2D eigenvalue weighted by atomic mass is 16.5. The van der Waals surface area contributed by atoms with E-state index in [1.165, 1.54) is 37.2 Å². The molecule has 2 heteroatoms. The van der Waals surface area contributed by atoms with Gasteiger partial charge in [0.15, 0.2) is 0 Å². The van der Waals surface area contributed by atoms with Gasteiger partial charge in [-0.1, -0.05) is 37.3 Å². The lowest BCUT2D eigenvalue weighted by molar-refractivity contribution is 0.306. The molecule has 0 aliphatic carbocycles. The number of hydrogen-bond acceptors (Lipinski definition) is 2. The smallest absolute Gasteiger partial charge is 0.119 e. The predicted molar refractivity (Wildman–Crippen MR) is 87.8 cm³/mol. The van der Waals surface area contributed by atoms with Gasteiger partial charge in [0.05, 0.1) is 0 Å². The van der Waals surface area contributed by atoms with Crippen molar-refractivity contribution in [2.75, 3.05) is 18.0 Å². The number of piperidine rings is 1. The molecule has 0 aromatic heterocycles. The standard InChI is InChI=1S/C19H23NO/c1-16-6-5-13-20(14-16)18-9-11-19(12-10-18)21-15-17-7-3-2-4-8-17/h2-4,7-12,16H,5-6,13-15H2,1H3. The van der Waals surface area contributed by atoms with Gasteiger partial charge < -0.3 is 9.64 Å². The molecular weight excluding hydrogens is 258 g/mol. The molecule has 21 heavy (non-hydrogen) atoms. The van der Waals surface area contributed by atoms with Gasteiger partial charge in [-0.15, -0.1) is 0 Å². The van der Waals surface area contributed by atoms with Crippen LogP contribution in [0, 0.1) is 5.92 Å². The second kappa shape index (κ2) is 6.66. The molecule has 0 N–H and O–H groups in total. The molecule has 0 amide bonds. The zero-order valence-electron chi connectivity index (χ0n) is 12.7. The minimum Gasteiger partial charge on any atom is -0.489 e. The van der Waals surface area contributed by atoms with Gasteiger partial charge >= 0.3 is 0 Å². The Hall–Kier alpha value is -1.96. The molecule has 1 aliphatic heterocycles. The molecule has 0 saturated carbocycles. The van der Waals surface area contributed by atoms with Crippen LogP contribution in [0.2, 0.25) is 0 Å². The molecular formula is C19H23NO. The van der Waals surface area contributed by atoms with Crippen molar-refractivity contribution in [2.24, 2.45) is 5.92 Å². The number of ether oxygens (including phenoxy) is 1. The molecule has 2 aromatic carbocycles. The summed E-state index contributed by atoms with van der Waals surface area (Å²) in [5.74, 6) is 1.74. The highest BCUT2D eigenvalue weighted by molar-refractivity contribution is 5.49. The van der Waals surface area contributed by atoms with E-state index in [1.54, 1.807) is 0 Å². The minimum atomic E-state index is 0.626. The van der Waals surface area contributed by atoms with Crippen molar-refractivity contribution in [3.63, 3.8) is 0 Å². The van der Waals surface area contributed by atoms with Crippen LogP contribution in [0.5, 0.6) is 5.75 Å². The first-order valence-electron chi connectivity index (χ1n) is 7.83. The fourth-order valence-corrected chi connectivity index (χ4v) is 2.92. The average molecular weight is 281 g/mol. The third kappa shape index (κ3) is 3.78. The summed E-state index contributed by atoms with van der Waals surface area (Å²) in [6, 6.07) is 18.8. The van der Waals surface area contributed by atoms with Crippen molar-refractivity contribution >= 4 is 5.69 Å². The summed E-state index contributed by atoms with van der Waals surface area (Å²) in [7, 11) is 0. The molecule has 1 saturated heterocycles. The molecule has 3 rings (SSSR count). The van der Waals surface area contributed by atoms with E-state index >= 15 is 0 Å². The normalized spacial score (nSPS) is 18.5. The van der Waals surface area contributed by atoms with Crippen molar-refractivity contribution in [3.05, 3.63) is 60.2 Å². The fourth-order valence-electron chi connectivity index (χ4n) is 2.92. The van der Waals surface area contributed by atoms with E-state index in [4.69, 9.17) is 4.74 Å². The van der Waals surface area contributed by atoms with Crippen LogP contribution in [0.1, 0.15) is 25.3 Å². The van der Waals surface area contributed by atoms with Gasteiger partial charge in [-0.25, -0.2) is 0 Å². The van der Waals surface area contributed by atoms with Crippen LogP contribution in [-0.4, -0.2) is 13.1 Å². The number of hydrogen-bond donors (Lipinski definition) is 0. The molecule has 2 aromatic rings. The number of nitrogens with zero attached hydrogens (tertiary/aromatic N) is 1. The Morgan fingerprint density at radius 2 is 1.81 bits per heavy atom. The van der Waals surface area contributed by atoms with Crippen molar-refractivity contribution < 1.29 is 4.74 Å². The van der Waals surface area contributed by atoms with E-state index in [2.05, 4.69) is 48.2 Å². The van der Waals surface area contributed by atoms with Crippen LogP contribution in [0.25, 0.3) is 0 Å². The van der Waals surface area contributed by atoms with E-state index in [1.807, 2.05) is 18.2 Å². The Morgan fingerprint density at radius 1 is 1.05 bits per heavy atom. The SMILES string of the molecule is CC1CCCN(c2ccc(OCc3ccccc3)cc2)C1. The molecule has 0 spiro atoms. The lowest BCUT2D eigenvalue weighted by atomic mass is 10.00. The molecule has 1 unspecified atom stereocenters. The molecule has 0 radical (unpaired) electrons. The van der Waals surface area contributed by atoms with Crippen LogP contribution in [-0.2, 0) is 6.61 Å². The second-order valence-corrected chi connectivity index (χ2v) is 5.96. The van der Waals surface area contributed by atoms with Crippen LogP contribution in [0.4, 0.5) is 5.69 Å². The third-order valence-electron chi connectivity index (χ3n) is 4.11. The van der Waals surface area contributed by atoms with Crippen molar-refractivity contribution in [2.45, 2.75) is 26.4 Å². The van der Waals surface area contributed by atoms with Gasteiger partial charge in [0.2, 0.25) is 0 Å². The van der Waals surface area contributed by atoms with E-state index in [9.17, 15) is 0 Å². The average Bonchev–Trinajstić information content (AvgIpc) is 2.54. The summed E-state index contributed by atoms with van der Waals surface area (Å²) in [5.41, 5.74) is 2.51. The summed E-state index contributed by atoms with van der Waals surface area (Å²) in [5, 5.41) is 0. The maximum Gasteiger partial charge on any atom is 0.119 e. The van der Waals surface area contributed by atoms with Crippen molar-refractivity contribution in [3.8, 4) is 5.75 Å². The Labute approximate surface area is 127 Å². The molecule has 1 fully saturated rings. The van der Waals surface area contributed by atoms with Gasteiger partial charge in [0.1, 0.15) is 12.4 Å². The van der Waals surface area contributed by atoms with Gasteiger partial charge in [-0.2, -0.15) is 0 Å². The summed E-state index contributed by atoms with van der Waals surface area (Å²) < 4.78 is 5.84. The Balaban J connectivity index is 1.59. The van der Waals surface area contributed by atoms with Gasteiger partial charge in [0, 0.05) is 18.8 Å². The van der Waals surface area contributed by atoms with Gasteiger partial charge in [0.25, 0.3) is 0 Å². The lowest BCUT2D eigenvalue weighted by Gasteiger charge is -2.32. The van der Waals surface area contributed by atoms with Crippen LogP contribution in [0.15, 0.2) is 54.6 Å². The number of anilines is 1. The Morgan fingerprint density at radius 3 is 2.52 bits per heavy atom. The fraction of sp³-hybridized carbons (Fsp3) is 0.368. The number of rotatable bonds is 4. The van der Waals surface area contributed by atoms with E-state index in [0.29, 0.717) is 6.61 Å². The first-order chi connectivity index (χ1) is 10.3. The lowest BCUT2D eigenvalue weighted by Crippen LogP contribution is -2.34.